The Balaban J connectivity index is 1.74. The van der Waals surface area contributed by atoms with Gasteiger partial charge in [-0.15, -0.1) is 0 Å². The Labute approximate surface area is 128 Å². The first-order valence-corrected chi connectivity index (χ1v) is 8.22. The van der Waals surface area contributed by atoms with Crippen molar-refractivity contribution < 1.29 is 5.11 Å². The van der Waals surface area contributed by atoms with E-state index in [1.165, 1.54) is 24.1 Å². The van der Waals surface area contributed by atoms with Gasteiger partial charge in [-0.25, -0.2) is 0 Å². The van der Waals surface area contributed by atoms with Gasteiger partial charge in [0.05, 0.1) is 12.3 Å². The standard InChI is InChI=1S/C16H30N4O/c1-4-20-14(3)16(13(2)18-20)12-17-11-15-5-7-19(8-6-15)9-10-21/h15,17,21H,4-12H2,1-3H3. The number of aromatic nitrogens is 2. The molecule has 1 aromatic rings. The van der Waals surface area contributed by atoms with E-state index in [4.69, 9.17) is 5.11 Å². The fourth-order valence-corrected chi connectivity index (χ4v) is 3.25. The van der Waals surface area contributed by atoms with Gasteiger partial charge in [0.1, 0.15) is 0 Å². The van der Waals surface area contributed by atoms with Crippen molar-refractivity contribution in [3.8, 4) is 0 Å². The summed E-state index contributed by atoms with van der Waals surface area (Å²) < 4.78 is 2.08. The van der Waals surface area contributed by atoms with E-state index in [1.807, 2.05) is 0 Å². The predicted molar refractivity (Wildman–Crippen MR) is 85.3 cm³/mol. The minimum atomic E-state index is 0.281. The van der Waals surface area contributed by atoms with Crippen molar-refractivity contribution in [2.75, 3.05) is 32.8 Å². The molecule has 0 aliphatic carbocycles. The van der Waals surface area contributed by atoms with Crippen LogP contribution < -0.4 is 5.32 Å². The first-order chi connectivity index (χ1) is 10.2. The Morgan fingerprint density at radius 3 is 2.57 bits per heavy atom. The highest BCUT2D eigenvalue weighted by Crippen LogP contribution is 2.17. The van der Waals surface area contributed by atoms with Crippen molar-refractivity contribution in [3.63, 3.8) is 0 Å². The average molecular weight is 294 g/mol. The number of aliphatic hydroxyl groups is 1. The lowest BCUT2D eigenvalue weighted by Gasteiger charge is -2.31. The van der Waals surface area contributed by atoms with Crippen LogP contribution in [0.1, 0.15) is 36.7 Å². The Morgan fingerprint density at radius 2 is 2.00 bits per heavy atom. The number of aryl methyl sites for hydroxylation is 2. The van der Waals surface area contributed by atoms with Crippen molar-refractivity contribution in [2.45, 2.75) is 46.7 Å². The Bertz CT molecular complexity index is 436. The summed E-state index contributed by atoms with van der Waals surface area (Å²) in [7, 11) is 0. The van der Waals surface area contributed by atoms with Crippen LogP contribution in [0.15, 0.2) is 0 Å². The maximum absolute atomic E-state index is 8.96. The summed E-state index contributed by atoms with van der Waals surface area (Å²) >= 11 is 0. The molecule has 2 heterocycles. The number of β-amino-alcohol motifs (C(OH)–C–C–N with tert-alkyl or cyclic N) is 1. The molecule has 0 aromatic carbocycles. The molecule has 1 aromatic heterocycles. The molecule has 0 radical (unpaired) electrons. The van der Waals surface area contributed by atoms with E-state index in [0.717, 1.165) is 50.9 Å². The van der Waals surface area contributed by atoms with Crippen LogP contribution in [0, 0.1) is 19.8 Å². The number of nitrogens with zero attached hydrogens (tertiary/aromatic N) is 3. The zero-order chi connectivity index (χ0) is 15.2. The van der Waals surface area contributed by atoms with Gasteiger partial charge >= 0.3 is 0 Å². The van der Waals surface area contributed by atoms with Gasteiger partial charge in [-0.1, -0.05) is 0 Å². The number of likely N-dealkylation sites (tertiary alicyclic amines) is 1. The molecule has 21 heavy (non-hydrogen) atoms. The van der Waals surface area contributed by atoms with E-state index in [9.17, 15) is 0 Å². The highest BCUT2D eigenvalue weighted by atomic mass is 16.3. The van der Waals surface area contributed by atoms with Crippen molar-refractivity contribution >= 4 is 0 Å². The number of nitrogens with one attached hydrogen (secondary N) is 1. The number of aliphatic hydroxyl groups excluding tert-OH is 1. The fourth-order valence-electron chi connectivity index (χ4n) is 3.25. The maximum Gasteiger partial charge on any atom is 0.0641 e. The molecular formula is C16H30N4O. The molecule has 0 spiro atoms. The van der Waals surface area contributed by atoms with E-state index < -0.39 is 0 Å². The van der Waals surface area contributed by atoms with Crippen LogP contribution in [0.4, 0.5) is 0 Å². The third kappa shape index (κ3) is 4.28. The van der Waals surface area contributed by atoms with Gasteiger partial charge in [0.25, 0.3) is 0 Å². The molecule has 1 aliphatic rings. The van der Waals surface area contributed by atoms with E-state index in [0.29, 0.717) is 0 Å². The second kappa shape index (κ2) is 7.92. The molecule has 0 unspecified atom stereocenters. The number of hydrogen-bond acceptors (Lipinski definition) is 4. The minimum absolute atomic E-state index is 0.281. The van der Waals surface area contributed by atoms with Crippen molar-refractivity contribution in [1.29, 1.82) is 0 Å². The van der Waals surface area contributed by atoms with E-state index in [1.54, 1.807) is 0 Å². The van der Waals surface area contributed by atoms with Gasteiger partial charge in [0.2, 0.25) is 0 Å². The van der Waals surface area contributed by atoms with Crippen LogP contribution in [-0.4, -0.2) is 52.6 Å². The number of rotatable bonds is 7. The fraction of sp³-hybridized carbons (Fsp3) is 0.812. The normalized spacial score (nSPS) is 17.5. The second-order valence-electron chi connectivity index (χ2n) is 6.10. The summed E-state index contributed by atoms with van der Waals surface area (Å²) in [4.78, 5) is 2.36. The molecule has 1 aliphatic heterocycles. The lowest BCUT2D eigenvalue weighted by Crippen LogP contribution is -2.38. The van der Waals surface area contributed by atoms with Gasteiger partial charge in [-0.3, -0.25) is 4.68 Å². The lowest BCUT2D eigenvalue weighted by atomic mass is 9.96. The molecule has 1 fully saturated rings. The molecule has 0 saturated carbocycles. The largest absolute Gasteiger partial charge is 0.395 e. The third-order valence-corrected chi connectivity index (χ3v) is 4.69. The summed E-state index contributed by atoms with van der Waals surface area (Å²) in [6, 6.07) is 0. The summed E-state index contributed by atoms with van der Waals surface area (Å²) in [6.45, 7) is 12.7. The Kier molecular flexibility index (Phi) is 6.21. The predicted octanol–water partition coefficient (Wildman–Crippen LogP) is 1.31. The third-order valence-electron chi connectivity index (χ3n) is 4.69. The maximum atomic E-state index is 8.96. The first-order valence-electron chi connectivity index (χ1n) is 8.22. The number of piperidine rings is 1. The molecule has 120 valence electrons. The quantitative estimate of drug-likeness (QED) is 0.796. The topological polar surface area (TPSA) is 53.3 Å². The van der Waals surface area contributed by atoms with Crippen LogP contribution in [0.3, 0.4) is 0 Å². The summed E-state index contributed by atoms with van der Waals surface area (Å²) in [5, 5.41) is 17.2. The molecule has 1 saturated heterocycles. The van der Waals surface area contributed by atoms with Crippen LogP contribution >= 0.6 is 0 Å². The van der Waals surface area contributed by atoms with Crippen molar-refractivity contribution in [1.82, 2.24) is 20.0 Å². The molecule has 0 amide bonds. The molecule has 5 nitrogen and oxygen atoms in total. The van der Waals surface area contributed by atoms with Gasteiger partial charge in [0.15, 0.2) is 0 Å². The van der Waals surface area contributed by atoms with Crippen LogP contribution in [-0.2, 0) is 13.1 Å². The smallest absolute Gasteiger partial charge is 0.0641 e. The minimum Gasteiger partial charge on any atom is -0.395 e. The molecule has 0 atom stereocenters. The average Bonchev–Trinajstić information content (AvgIpc) is 2.76. The summed E-state index contributed by atoms with van der Waals surface area (Å²) in [6.07, 6.45) is 2.47. The monoisotopic (exact) mass is 294 g/mol. The van der Waals surface area contributed by atoms with Crippen LogP contribution in [0.5, 0.6) is 0 Å². The highest BCUT2D eigenvalue weighted by Gasteiger charge is 2.18. The molecule has 2 N–H and O–H groups in total. The van der Waals surface area contributed by atoms with Gasteiger partial charge in [0, 0.05) is 30.9 Å². The van der Waals surface area contributed by atoms with E-state index in [2.05, 4.69) is 40.8 Å². The van der Waals surface area contributed by atoms with E-state index >= 15 is 0 Å². The van der Waals surface area contributed by atoms with Crippen LogP contribution in [0.25, 0.3) is 0 Å². The van der Waals surface area contributed by atoms with E-state index in [-0.39, 0.29) is 6.61 Å². The molecule has 2 rings (SSSR count). The zero-order valence-electron chi connectivity index (χ0n) is 13.7. The molecular weight excluding hydrogens is 264 g/mol. The van der Waals surface area contributed by atoms with Gasteiger partial charge in [-0.2, -0.15) is 5.10 Å². The van der Waals surface area contributed by atoms with Crippen molar-refractivity contribution in [3.05, 3.63) is 17.0 Å². The summed E-state index contributed by atoms with van der Waals surface area (Å²) in [5.41, 5.74) is 3.80. The highest BCUT2D eigenvalue weighted by molar-refractivity contribution is 5.24. The van der Waals surface area contributed by atoms with Crippen molar-refractivity contribution in [2.24, 2.45) is 5.92 Å². The zero-order valence-corrected chi connectivity index (χ0v) is 13.7. The van der Waals surface area contributed by atoms with Gasteiger partial charge < -0.3 is 15.3 Å². The van der Waals surface area contributed by atoms with Crippen LogP contribution in [0.2, 0.25) is 0 Å². The first kappa shape index (κ1) is 16.5. The second-order valence-corrected chi connectivity index (χ2v) is 6.10. The SMILES string of the molecule is CCn1nc(C)c(CNCC2CCN(CCO)CC2)c1C. The Hall–Kier alpha value is -0.910. The van der Waals surface area contributed by atoms with Gasteiger partial charge in [-0.05, 0) is 59.2 Å². The Morgan fingerprint density at radius 1 is 1.29 bits per heavy atom. The summed E-state index contributed by atoms with van der Waals surface area (Å²) in [5.74, 6) is 0.766. The lowest BCUT2D eigenvalue weighted by molar-refractivity contribution is 0.146. The molecule has 0 bridgehead atoms. The molecule has 5 heteroatoms. The number of hydrogen-bond donors (Lipinski definition) is 2.